The number of anilines is 1. The lowest BCUT2D eigenvalue weighted by Gasteiger charge is -2.15. The summed E-state index contributed by atoms with van der Waals surface area (Å²) in [5.74, 6) is -0.219. The molecule has 4 nitrogen and oxygen atoms in total. The van der Waals surface area contributed by atoms with Gasteiger partial charge in [0.25, 0.3) is 5.91 Å². The second-order valence-electron chi connectivity index (χ2n) is 4.26. The largest absolute Gasteiger partial charge is 0.372 e. The molecule has 1 atom stereocenters. The van der Waals surface area contributed by atoms with E-state index in [4.69, 9.17) is 0 Å². The number of amides is 2. The fraction of sp³-hybridized carbons (Fsp3) is 0.385. The van der Waals surface area contributed by atoms with Crippen molar-refractivity contribution >= 4 is 33.4 Å². The number of hydrogen-bond donors (Lipinski definition) is 1. The van der Waals surface area contributed by atoms with Gasteiger partial charge in [0.2, 0.25) is 5.91 Å². The molecule has 5 heteroatoms. The van der Waals surface area contributed by atoms with Crippen LogP contribution in [0.5, 0.6) is 0 Å². The van der Waals surface area contributed by atoms with Gasteiger partial charge in [-0.25, -0.2) is 0 Å². The lowest BCUT2D eigenvalue weighted by Crippen LogP contribution is -2.35. The molecule has 2 amide bonds. The molecular formula is C13H15BrN2O2. The van der Waals surface area contributed by atoms with E-state index in [2.05, 4.69) is 21.2 Å². The minimum Gasteiger partial charge on any atom is -0.372 e. The van der Waals surface area contributed by atoms with Crippen molar-refractivity contribution in [2.24, 2.45) is 0 Å². The fourth-order valence-electron chi connectivity index (χ4n) is 2.02. The van der Waals surface area contributed by atoms with Gasteiger partial charge in [-0.2, -0.15) is 0 Å². The molecule has 1 fully saturated rings. The summed E-state index contributed by atoms with van der Waals surface area (Å²) in [4.78, 5) is 25.1. The molecule has 1 unspecified atom stereocenters. The van der Waals surface area contributed by atoms with Gasteiger partial charge < -0.3 is 5.32 Å². The SMILES string of the molecule is CCCN1C(=O)CC(Nc2ccccc2Br)C1=O. The number of likely N-dealkylation sites (tertiary alicyclic amines) is 1. The van der Waals surface area contributed by atoms with E-state index in [1.807, 2.05) is 31.2 Å². The summed E-state index contributed by atoms with van der Waals surface area (Å²) >= 11 is 3.41. The molecule has 1 aliphatic heterocycles. The monoisotopic (exact) mass is 310 g/mol. The van der Waals surface area contributed by atoms with Crippen molar-refractivity contribution in [3.63, 3.8) is 0 Å². The summed E-state index contributed by atoms with van der Waals surface area (Å²) in [7, 11) is 0. The Bertz CT molecular complexity index is 476. The van der Waals surface area contributed by atoms with Crippen LogP contribution in [-0.4, -0.2) is 29.3 Å². The van der Waals surface area contributed by atoms with Crippen LogP contribution in [0.4, 0.5) is 5.69 Å². The number of carbonyl (C=O) groups is 2. The maximum Gasteiger partial charge on any atom is 0.252 e. The van der Waals surface area contributed by atoms with Crippen LogP contribution in [0, 0.1) is 0 Å². The van der Waals surface area contributed by atoms with Crippen LogP contribution in [-0.2, 0) is 9.59 Å². The Kier molecular flexibility index (Phi) is 4.01. The molecule has 18 heavy (non-hydrogen) atoms. The molecule has 1 aromatic carbocycles. The van der Waals surface area contributed by atoms with Crippen molar-refractivity contribution in [1.29, 1.82) is 0 Å². The smallest absolute Gasteiger partial charge is 0.252 e. The Hall–Kier alpha value is -1.36. The molecule has 1 saturated heterocycles. The van der Waals surface area contributed by atoms with E-state index in [1.54, 1.807) is 0 Å². The number of hydrogen-bond acceptors (Lipinski definition) is 3. The molecule has 0 aliphatic carbocycles. The lowest BCUT2D eigenvalue weighted by molar-refractivity contribution is -0.138. The van der Waals surface area contributed by atoms with E-state index in [1.165, 1.54) is 4.90 Å². The molecule has 0 aromatic heterocycles. The van der Waals surface area contributed by atoms with Gasteiger partial charge in [0, 0.05) is 16.7 Å². The number of benzene rings is 1. The Labute approximate surface area is 114 Å². The van der Waals surface area contributed by atoms with Crippen LogP contribution in [0.1, 0.15) is 19.8 Å². The summed E-state index contributed by atoms with van der Waals surface area (Å²) < 4.78 is 0.888. The van der Waals surface area contributed by atoms with Crippen molar-refractivity contribution in [2.45, 2.75) is 25.8 Å². The van der Waals surface area contributed by atoms with Crippen molar-refractivity contribution < 1.29 is 9.59 Å². The highest BCUT2D eigenvalue weighted by Crippen LogP contribution is 2.25. The number of nitrogens with zero attached hydrogens (tertiary/aromatic N) is 1. The van der Waals surface area contributed by atoms with Crippen molar-refractivity contribution in [3.05, 3.63) is 28.7 Å². The second kappa shape index (κ2) is 5.52. The standard InChI is InChI=1S/C13H15BrN2O2/c1-2-7-16-12(17)8-11(13(16)18)15-10-6-4-3-5-9(10)14/h3-6,11,15H,2,7-8H2,1H3. The maximum absolute atomic E-state index is 12.0. The number of nitrogens with one attached hydrogen (secondary N) is 1. The second-order valence-corrected chi connectivity index (χ2v) is 5.12. The lowest BCUT2D eigenvalue weighted by atomic mass is 10.2. The summed E-state index contributed by atoms with van der Waals surface area (Å²) in [5.41, 5.74) is 0.835. The Morgan fingerprint density at radius 1 is 1.39 bits per heavy atom. The van der Waals surface area contributed by atoms with E-state index in [9.17, 15) is 9.59 Å². The van der Waals surface area contributed by atoms with Gasteiger partial charge in [0.05, 0.1) is 6.42 Å². The topological polar surface area (TPSA) is 49.4 Å². The third-order valence-electron chi connectivity index (χ3n) is 2.89. The first kappa shape index (κ1) is 13.1. The number of rotatable bonds is 4. The van der Waals surface area contributed by atoms with Gasteiger partial charge in [-0.3, -0.25) is 14.5 Å². The summed E-state index contributed by atoms with van der Waals surface area (Å²) in [5, 5.41) is 3.12. The van der Waals surface area contributed by atoms with Crippen LogP contribution >= 0.6 is 15.9 Å². The maximum atomic E-state index is 12.0. The van der Waals surface area contributed by atoms with Crippen LogP contribution in [0.3, 0.4) is 0 Å². The summed E-state index contributed by atoms with van der Waals surface area (Å²) in [6.45, 7) is 2.46. The first-order valence-corrected chi connectivity index (χ1v) is 6.78. The van der Waals surface area contributed by atoms with Crippen molar-refractivity contribution in [2.75, 3.05) is 11.9 Å². The van der Waals surface area contributed by atoms with E-state index >= 15 is 0 Å². The first-order chi connectivity index (χ1) is 8.63. The fourth-order valence-corrected chi connectivity index (χ4v) is 2.42. The molecule has 1 N–H and O–H groups in total. The van der Waals surface area contributed by atoms with Gasteiger partial charge >= 0.3 is 0 Å². The predicted octanol–water partition coefficient (Wildman–Crippen LogP) is 2.40. The average molecular weight is 311 g/mol. The van der Waals surface area contributed by atoms with Crippen molar-refractivity contribution in [1.82, 2.24) is 4.90 Å². The van der Waals surface area contributed by atoms with E-state index < -0.39 is 6.04 Å². The van der Waals surface area contributed by atoms with Gasteiger partial charge in [0.15, 0.2) is 0 Å². The number of para-hydroxylation sites is 1. The molecule has 0 bridgehead atoms. The third-order valence-corrected chi connectivity index (χ3v) is 3.59. The average Bonchev–Trinajstić information content (AvgIpc) is 2.60. The highest BCUT2D eigenvalue weighted by Gasteiger charge is 2.37. The van der Waals surface area contributed by atoms with Crippen LogP contribution < -0.4 is 5.32 Å². The van der Waals surface area contributed by atoms with Gasteiger partial charge in [-0.15, -0.1) is 0 Å². The number of halogens is 1. The molecule has 1 aromatic rings. The molecule has 1 heterocycles. The first-order valence-electron chi connectivity index (χ1n) is 5.98. The van der Waals surface area contributed by atoms with Crippen LogP contribution in [0.25, 0.3) is 0 Å². The minimum atomic E-state index is -0.442. The van der Waals surface area contributed by atoms with E-state index in [-0.39, 0.29) is 18.2 Å². The van der Waals surface area contributed by atoms with Crippen molar-refractivity contribution in [3.8, 4) is 0 Å². The summed E-state index contributed by atoms with van der Waals surface area (Å²) in [6.07, 6.45) is 1.03. The Morgan fingerprint density at radius 3 is 2.78 bits per heavy atom. The van der Waals surface area contributed by atoms with Gasteiger partial charge in [-0.1, -0.05) is 19.1 Å². The molecule has 1 aliphatic rings. The van der Waals surface area contributed by atoms with E-state index in [0.29, 0.717) is 6.54 Å². The molecule has 96 valence electrons. The molecular weight excluding hydrogens is 296 g/mol. The quantitative estimate of drug-likeness (QED) is 0.869. The Morgan fingerprint density at radius 2 is 2.11 bits per heavy atom. The zero-order chi connectivity index (χ0) is 13.1. The minimum absolute atomic E-state index is 0.0913. The van der Waals surface area contributed by atoms with Crippen LogP contribution in [0.2, 0.25) is 0 Å². The van der Waals surface area contributed by atoms with Crippen LogP contribution in [0.15, 0.2) is 28.7 Å². The molecule has 0 radical (unpaired) electrons. The Balaban J connectivity index is 2.10. The number of carbonyl (C=O) groups excluding carboxylic acids is 2. The molecule has 0 saturated carbocycles. The highest BCUT2D eigenvalue weighted by atomic mass is 79.9. The van der Waals surface area contributed by atoms with Gasteiger partial charge in [0.1, 0.15) is 6.04 Å². The highest BCUT2D eigenvalue weighted by molar-refractivity contribution is 9.10. The normalized spacial score (nSPS) is 19.4. The summed E-state index contributed by atoms with van der Waals surface area (Å²) in [6, 6.07) is 7.12. The zero-order valence-electron chi connectivity index (χ0n) is 10.1. The molecule has 2 rings (SSSR count). The number of imide groups is 1. The van der Waals surface area contributed by atoms with Gasteiger partial charge in [-0.05, 0) is 34.5 Å². The third kappa shape index (κ3) is 2.56. The zero-order valence-corrected chi connectivity index (χ0v) is 11.7. The van der Waals surface area contributed by atoms with E-state index in [0.717, 1.165) is 16.6 Å². The molecule has 0 spiro atoms. The predicted molar refractivity (Wildman–Crippen MR) is 73.2 cm³/mol.